The summed E-state index contributed by atoms with van der Waals surface area (Å²) in [6.45, 7) is 5.39. The summed E-state index contributed by atoms with van der Waals surface area (Å²) >= 11 is 0. The lowest BCUT2D eigenvalue weighted by Crippen LogP contribution is -2.42. The summed E-state index contributed by atoms with van der Waals surface area (Å²) < 4.78 is 11.2. The zero-order valence-electron chi connectivity index (χ0n) is 17.5. The number of aryl methyl sites for hydroxylation is 2. The fraction of sp³-hybridized carbons (Fsp3) is 0.333. The number of aromatic nitrogens is 5. The number of benzene rings is 1. The smallest absolute Gasteiger partial charge is 0.333 e. The molecule has 30 heavy (non-hydrogen) atoms. The van der Waals surface area contributed by atoms with Gasteiger partial charge in [0.25, 0.3) is 5.56 Å². The molecule has 0 aliphatic heterocycles. The topological polar surface area (TPSA) is 92.5 Å². The Morgan fingerprint density at radius 1 is 1.20 bits per heavy atom. The second-order valence-corrected chi connectivity index (χ2v) is 7.46. The van der Waals surface area contributed by atoms with Gasteiger partial charge in [-0.2, -0.15) is 4.98 Å². The molecule has 0 spiro atoms. The van der Waals surface area contributed by atoms with Crippen molar-refractivity contribution in [1.29, 1.82) is 0 Å². The predicted molar refractivity (Wildman–Crippen MR) is 112 cm³/mol. The van der Waals surface area contributed by atoms with Gasteiger partial charge in [0, 0.05) is 18.9 Å². The highest BCUT2D eigenvalue weighted by Gasteiger charge is 2.23. The van der Waals surface area contributed by atoms with E-state index < -0.39 is 17.3 Å². The standard InChI is InChI=1S/C21H23N5O4/c1-12-10-25-17-18(23(4)21(29)26(19(17)28)13(2)14(3)27)22-20(25)24(12)11-15-6-8-16(30-5)9-7-15/h6-10,13H,11H2,1-5H3/t13-/m1/s1. The van der Waals surface area contributed by atoms with Gasteiger partial charge < -0.3 is 9.30 Å². The van der Waals surface area contributed by atoms with Crippen LogP contribution in [0, 0.1) is 6.92 Å². The molecule has 4 rings (SSSR count). The van der Waals surface area contributed by atoms with Crippen molar-refractivity contribution in [3.63, 3.8) is 0 Å². The molecule has 156 valence electrons. The van der Waals surface area contributed by atoms with Gasteiger partial charge in [-0.25, -0.2) is 9.36 Å². The lowest BCUT2D eigenvalue weighted by atomic mass is 10.2. The number of carbonyl (C=O) groups excluding carboxylic acids is 1. The van der Waals surface area contributed by atoms with E-state index >= 15 is 0 Å². The molecule has 0 aliphatic carbocycles. The van der Waals surface area contributed by atoms with Crippen LogP contribution in [0.3, 0.4) is 0 Å². The van der Waals surface area contributed by atoms with E-state index in [-0.39, 0.29) is 16.9 Å². The second kappa shape index (κ2) is 7.01. The molecule has 1 atom stereocenters. The first-order valence-corrected chi connectivity index (χ1v) is 9.57. The summed E-state index contributed by atoms with van der Waals surface area (Å²) in [6.07, 6.45) is 1.82. The van der Waals surface area contributed by atoms with Gasteiger partial charge in [-0.3, -0.25) is 18.6 Å². The quantitative estimate of drug-likeness (QED) is 0.500. The molecule has 0 amide bonds. The SMILES string of the molecule is COc1ccc(Cn2c(C)cn3c4c(=O)n([C@H](C)C(C)=O)c(=O)n(C)c4nc23)cc1. The largest absolute Gasteiger partial charge is 0.497 e. The van der Waals surface area contributed by atoms with E-state index in [0.717, 1.165) is 21.6 Å². The molecule has 0 radical (unpaired) electrons. The van der Waals surface area contributed by atoms with Crippen molar-refractivity contribution < 1.29 is 9.53 Å². The Labute approximate surface area is 171 Å². The van der Waals surface area contributed by atoms with Crippen molar-refractivity contribution in [2.45, 2.75) is 33.4 Å². The second-order valence-electron chi connectivity index (χ2n) is 7.46. The van der Waals surface area contributed by atoms with Crippen molar-refractivity contribution in [2.24, 2.45) is 7.05 Å². The minimum Gasteiger partial charge on any atom is -0.497 e. The third-order valence-electron chi connectivity index (χ3n) is 5.56. The molecule has 0 bridgehead atoms. The summed E-state index contributed by atoms with van der Waals surface area (Å²) in [5.74, 6) is 1.07. The first-order chi connectivity index (χ1) is 14.2. The predicted octanol–water partition coefficient (Wildman–Crippen LogP) is 1.66. The molecular weight excluding hydrogens is 386 g/mol. The van der Waals surface area contributed by atoms with Crippen molar-refractivity contribution in [3.05, 3.63) is 62.6 Å². The van der Waals surface area contributed by atoms with Crippen molar-refractivity contribution in [2.75, 3.05) is 7.11 Å². The Kier molecular flexibility index (Phi) is 4.60. The summed E-state index contributed by atoms with van der Waals surface area (Å²) in [6, 6.07) is 6.86. The Morgan fingerprint density at radius 2 is 1.87 bits per heavy atom. The monoisotopic (exact) mass is 409 g/mol. The van der Waals surface area contributed by atoms with Gasteiger partial charge in [0.15, 0.2) is 16.9 Å². The number of imidazole rings is 2. The number of carbonyl (C=O) groups is 1. The van der Waals surface area contributed by atoms with Crippen molar-refractivity contribution in [3.8, 4) is 5.75 Å². The van der Waals surface area contributed by atoms with Crippen LogP contribution in [0.5, 0.6) is 5.75 Å². The molecule has 0 fully saturated rings. The molecule has 0 N–H and O–H groups in total. The molecule has 1 aromatic carbocycles. The first kappa shape index (κ1) is 19.7. The number of rotatable bonds is 5. The molecule has 3 heterocycles. The molecule has 0 saturated heterocycles. The van der Waals surface area contributed by atoms with E-state index in [1.807, 2.05) is 42.0 Å². The van der Waals surface area contributed by atoms with Crippen LogP contribution < -0.4 is 16.0 Å². The number of nitrogens with zero attached hydrogens (tertiary/aromatic N) is 5. The molecule has 9 nitrogen and oxygen atoms in total. The van der Waals surface area contributed by atoms with Crippen LogP contribution in [0.4, 0.5) is 0 Å². The zero-order chi connectivity index (χ0) is 21.7. The molecular formula is C21H23N5O4. The summed E-state index contributed by atoms with van der Waals surface area (Å²) in [7, 11) is 3.18. The van der Waals surface area contributed by atoms with E-state index in [1.165, 1.54) is 11.5 Å². The van der Waals surface area contributed by atoms with Crippen molar-refractivity contribution >= 4 is 22.7 Å². The number of hydrogen-bond donors (Lipinski definition) is 0. The third-order valence-corrected chi connectivity index (χ3v) is 5.56. The molecule has 3 aromatic heterocycles. The highest BCUT2D eigenvalue weighted by atomic mass is 16.5. The van der Waals surface area contributed by atoms with Gasteiger partial charge in [-0.15, -0.1) is 0 Å². The zero-order valence-corrected chi connectivity index (χ0v) is 17.5. The molecule has 9 heteroatoms. The number of hydrogen-bond acceptors (Lipinski definition) is 5. The van der Waals surface area contributed by atoms with E-state index in [2.05, 4.69) is 4.98 Å². The van der Waals surface area contributed by atoms with Gasteiger partial charge in [0.1, 0.15) is 5.75 Å². The van der Waals surface area contributed by atoms with Crippen LogP contribution in [0.15, 0.2) is 40.1 Å². The molecule has 0 aliphatic rings. The van der Waals surface area contributed by atoms with Crippen LogP contribution in [-0.4, -0.2) is 36.0 Å². The van der Waals surface area contributed by atoms with Gasteiger partial charge >= 0.3 is 5.69 Å². The van der Waals surface area contributed by atoms with E-state index in [1.54, 1.807) is 25.5 Å². The maximum Gasteiger partial charge on any atom is 0.333 e. The number of Topliss-reactive ketones (excluding diaryl/α,β-unsaturated/α-hetero) is 1. The minimum absolute atomic E-state index is 0.262. The van der Waals surface area contributed by atoms with Gasteiger partial charge in [0.05, 0.1) is 19.7 Å². The number of fused-ring (bicyclic) bond motifs is 3. The fourth-order valence-corrected chi connectivity index (χ4v) is 3.65. The van der Waals surface area contributed by atoms with Gasteiger partial charge in [0.2, 0.25) is 5.78 Å². The minimum atomic E-state index is -0.853. The number of ether oxygens (including phenoxy) is 1. The number of methoxy groups -OCH3 is 1. The van der Waals surface area contributed by atoms with Gasteiger partial charge in [-0.05, 0) is 38.5 Å². The van der Waals surface area contributed by atoms with Crippen LogP contribution in [0.25, 0.3) is 16.9 Å². The normalized spacial score (nSPS) is 12.6. The first-order valence-electron chi connectivity index (χ1n) is 9.57. The van der Waals surface area contributed by atoms with E-state index in [0.29, 0.717) is 12.3 Å². The van der Waals surface area contributed by atoms with Crippen LogP contribution in [-0.2, 0) is 18.4 Å². The maximum absolute atomic E-state index is 13.2. The number of ketones is 1. The molecule has 0 saturated carbocycles. The summed E-state index contributed by atoms with van der Waals surface area (Å²) in [5, 5.41) is 0. The molecule has 0 unspecified atom stereocenters. The van der Waals surface area contributed by atoms with E-state index in [4.69, 9.17) is 4.74 Å². The Hall–Kier alpha value is -3.62. The van der Waals surface area contributed by atoms with Crippen molar-refractivity contribution in [1.82, 2.24) is 23.1 Å². The van der Waals surface area contributed by atoms with E-state index in [9.17, 15) is 14.4 Å². The lowest BCUT2D eigenvalue weighted by Gasteiger charge is -2.12. The Balaban J connectivity index is 1.95. The average molecular weight is 409 g/mol. The molecule has 4 aromatic rings. The lowest BCUT2D eigenvalue weighted by molar-refractivity contribution is -0.119. The average Bonchev–Trinajstić information content (AvgIpc) is 3.23. The summed E-state index contributed by atoms with van der Waals surface area (Å²) in [5.41, 5.74) is 1.43. The maximum atomic E-state index is 13.2. The third kappa shape index (κ3) is 2.85. The van der Waals surface area contributed by atoms with Crippen LogP contribution in [0.2, 0.25) is 0 Å². The fourth-order valence-electron chi connectivity index (χ4n) is 3.65. The summed E-state index contributed by atoms with van der Waals surface area (Å²) in [4.78, 5) is 42.4. The Bertz CT molecular complexity index is 1400. The highest BCUT2D eigenvalue weighted by Crippen LogP contribution is 2.19. The van der Waals surface area contributed by atoms with Crippen LogP contribution >= 0.6 is 0 Å². The highest BCUT2D eigenvalue weighted by molar-refractivity contribution is 5.80. The van der Waals surface area contributed by atoms with Crippen LogP contribution in [0.1, 0.15) is 31.1 Å². The Morgan fingerprint density at radius 3 is 2.47 bits per heavy atom. The van der Waals surface area contributed by atoms with Gasteiger partial charge in [-0.1, -0.05) is 12.1 Å².